The van der Waals surface area contributed by atoms with Crippen molar-refractivity contribution in [3.05, 3.63) is 0 Å². The first-order valence-corrected chi connectivity index (χ1v) is 5.16. The molecule has 4 heteroatoms. The third-order valence-corrected chi connectivity index (χ3v) is 2.65. The molecule has 2 atom stereocenters. The Balaban J connectivity index is 2.58. The SMILES string of the molecule is CC(Cl)C(=O)N1CCCCC1CO. The summed E-state index contributed by atoms with van der Waals surface area (Å²) >= 11 is 5.71. The van der Waals surface area contributed by atoms with Crippen molar-refractivity contribution in [2.75, 3.05) is 13.2 Å². The molecular formula is C9H16ClNO2. The smallest absolute Gasteiger partial charge is 0.240 e. The van der Waals surface area contributed by atoms with Crippen LogP contribution in [-0.4, -0.2) is 40.5 Å². The van der Waals surface area contributed by atoms with E-state index in [1.54, 1.807) is 11.8 Å². The van der Waals surface area contributed by atoms with Crippen molar-refractivity contribution in [1.29, 1.82) is 0 Å². The maximum absolute atomic E-state index is 11.6. The number of halogens is 1. The normalized spacial score (nSPS) is 25.8. The van der Waals surface area contributed by atoms with Gasteiger partial charge in [0.1, 0.15) is 5.38 Å². The van der Waals surface area contributed by atoms with Crippen LogP contribution in [0.1, 0.15) is 26.2 Å². The first-order valence-electron chi connectivity index (χ1n) is 4.72. The predicted molar refractivity (Wildman–Crippen MR) is 51.8 cm³/mol. The van der Waals surface area contributed by atoms with Crippen LogP contribution < -0.4 is 0 Å². The van der Waals surface area contributed by atoms with Gasteiger partial charge in [-0.2, -0.15) is 0 Å². The van der Waals surface area contributed by atoms with Crippen LogP contribution in [0.5, 0.6) is 0 Å². The molecule has 1 saturated heterocycles. The van der Waals surface area contributed by atoms with E-state index in [1.165, 1.54) is 0 Å². The Morgan fingerprint density at radius 2 is 2.38 bits per heavy atom. The third kappa shape index (κ3) is 2.58. The van der Waals surface area contributed by atoms with E-state index in [4.69, 9.17) is 16.7 Å². The van der Waals surface area contributed by atoms with Gasteiger partial charge in [0, 0.05) is 6.54 Å². The molecule has 1 heterocycles. The summed E-state index contributed by atoms with van der Waals surface area (Å²) in [5.74, 6) is -0.0552. The van der Waals surface area contributed by atoms with Gasteiger partial charge in [0.25, 0.3) is 0 Å². The fourth-order valence-corrected chi connectivity index (χ4v) is 1.83. The number of nitrogens with zero attached hydrogens (tertiary/aromatic N) is 1. The summed E-state index contributed by atoms with van der Waals surface area (Å²) in [4.78, 5) is 13.3. The van der Waals surface area contributed by atoms with Crippen LogP contribution in [0, 0.1) is 0 Å². The molecule has 1 amide bonds. The molecule has 0 radical (unpaired) electrons. The van der Waals surface area contributed by atoms with Gasteiger partial charge in [-0.15, -0.1) is 11.6 Å². The summed E-state index contributed by atoms with van der Waals surface area (Å²) < 4.78 is 0. The lowest BCUT2D eigenvalue weighted by Gasteiger charge is -2.35. The zero-order valence-corrected chi connectivity index (χ0v) is 8.63. The Hall–Kier alpha value is -0.280. The van der Waals surface area contributed by atoms with Crippen LogP contribution in [0.2, 0.25) is 0 Å². The number of piperidine rings is 1. The molecule has 0 aromatic rings. The minimum Gasteiger partial charge on any atom is -0.394 e. The van der Waals surface area contributed by atoms with Crippen molar-refractivity contribution in [3.63, 3.8) is 0 Å². The highest BCUT2D eigenvalue weighted by Crippen LogP contribution is 2.18. The third-order valence-electron chi connectivity index (χ3n) is 2.46. The minimum absolute atomic E-state index is 0.0116. The molecule has 76 valence electrons. The van der Waals surface area contributed by atoms with Gasteiger partial charge in [-0.25, -0.2) is 0 Å². The minimum atomic E-state index is -0.479. The number of likely N-dealkylation sites (tertiary alicyclic amines) is 1. The lowest BCUT2D eigenvalue weighted by molar-refractivity contribution is -0.135. The van der Waals surface area contributed by atoms with Gasteiger partial charge in [0.15, 0.2) is 0 Å². The summed E-state index contributed by atoms with van der Waals surface area (Å²) in [5.41, 5.74) is 0. The van der Waals surface area contributed by atoms with Crippen molar-refractivity contribution >= 4 is 17.5 Å². The summed E-state index contributed by atoms with van der Waals surface area (Å²) in [5, 5.41) is 8.58. The maximum atomic E-state index is 11.6. The molecule has 2 unspecified atom stereocenters. The highest BCUT2D eigenvalue weighted by molar-refractivity contribution is 6.30. The molecule has 0 spiro atoms. The Labute approximate surface area is 83.7 Å². The lowest BCUT2D eigenvalue weighted by Crippen LogP contribution is -2.48. The summed E-state index contributed by atoms with van der Waals surface area (Å²) in [6.07, 6.45) is 3.00. The van der Waals surface area contributed by atoms with E-state index in [9.17, 15) is 4.79 Å². The number of carbonyl (C=O) groups is 1. The molecule has 1 aliphatic heterocycles. The van der Waals surface area contributed by atoms with Crippen LogP contribution in [0.3, 0.4) is 0 Å². The molecule has 13 heavy (non-hydrogen) atoms. The number of amides is 1. The Bertz CT molecular complexity index is 184. The van der Waals surface area contributed by atoms with Crippen LogP contribution in [-0.2, 0) is 4.79 Å². The lowest BCUT2D eigenvalue weighted by atomic mass is 10.0. The zero-order valence-electron chi connectivity index (χ0n) is 7.87. The molecule has 0 bridgehead atoms. The zero-order chi connectivity index (χ0) is 9.84. The number of aliphatic hydroxyl groups is 1. The van der Waals surface area contributed by atoms with E-state index in [-0.39, 0.29) is 18.6 Å². The molecule has 1 rings (SSSR count). The van der Waals surface area contributed by atoms with Crippen molar-refractivity contribution in [2.45, 2.75) is 37.6 Å². The highest BCUT2D eigenvalue weighted by atomic mass is 35.5. The largest absolute Gasteiger partial charge is 0.394 e. The number of hydrogen-bond acceptors (Lipinski definition) is 2. The van der Waals surface area contributed by atoms with Crippen molar-refractivity contribution in [3.8, 4) is 0 Å². The second-order valence-electron chi connectivity index (χ2n) is 3.48. The number of rotatable bonds is 2. The number of carbonyl (C=O) groups excluding carboxylic acids is 1. The standard InChI is InChI=1S/C9H16ClNO2/c1-7(10)9(13)11-5-3-2-4-8(11)6-12/h7-8,12H,2-6H2,1H3. The van der Waals surface area contributed by atoms with Gasteiger partial charge in [-0.05, 0) is 26.2 Å². The highest BCUT2D eigenvalue weighted by Gasteiger charge is 2.27. The summed E-state index contributed by atoms with van der Waals surface area (Å²) in [6.45, 7) is 2.46. The molecule has 3 nitrogen and oxygen atoms in total. The van der Waals surface area contributed by atoms with Crippen LogP contribution in [0.15, 0.2) is 0 Å². The molecule has 1 aliphatic rings. The van der Waals surface area contributed by atoms with Crippen molar-refractivity contribution in [1.82, 2.24) is 4.90 Å². The first-order chi connectivity index (χ1) is 6.16. The van der Waals surface area contributed by atoms with E-state index in [1.807, 2.05) is 0 Å². The number of alkyl halides is 1. The Morgan fingerprint density at radius 3 is 2.92 bits per heavy atom. The Morgan fingerprint density at radius 1 is 1.69 bits per heavy atom. The quantitative estimate of drug-likeness (QED) is 0.683. The second-order valence-corrected chi connectivity index (χ2v) is 4.13. The first kappa shape index (κ1) is 10.8. The maximum Gasteiger partial charge on any atom is 0.240 e. The van der Waals surface area contributed by atoms with Gasteiger partial charge in [-0.3, -0.25) is 4.79 Å². The monoisotopic (exact) mass is 205 g/mol. The molecule has 0 aromatic heterocycles. The Kier molecular flexibility index (Phi) is 4.00. The fraction of sp³-hybridized carbons (Fsp3) is 0.889. The number of aliphatic hydroxyl groups excluding tert-OH is 1. The van der Waals surface area contributed by atoms with E-state index in [2.05, 4.69) is 0 Å². The van der Waals surface area contributed by atoms with Gasteiger partial charge < -0.3 is 10.0 Å². The van der Waals surface area contributed by atoms with Crippen molar-refractivity contribution < 1.29 is 9.90 Å². The predicted octanol–water partition coefficient (Wildman–Crippen LogP) is 0.987. The fourth-order valence-electron chi connectivity index (χ4n) is 1.71. The number of hydrogen-bond donors (Lipinski definition) is 1. The molecule has 0 aromatic carbocycles. The van der Waals surface area contributed by atoms with E-state index < -0.39 is 5.38 Å². The summed E-state index contributed by atoms with van der Waals surface area (Å²) in [6, 6.07) is -0.0116. The molecular weight excluding hydrogens is 190 g/mol. The second kappa shape index (κ2) is 4.82. The van der Waals surface area contributed by atoms with Gasteiger partial charge in [0.05, 0.1) is 12.6 Å². The van der Waals surface area contributed by atoms with Gasteiger partial charge in [0.2, 0.25) is 5.91 Å². The average molecular weight is 206 g/mol. The van der Waals surface area contributed by atoms with E-state index in [0.717, 1.165) is 25.8 Å². The van der Waals surface area contributed by atoms with Gasteiger partial charge >= 0.3 is 0 Å². The van der Waals surface area contributed by atoms with E-state index >= 15 is 0 Å². The molecule has 1 N–H and O–H groups in total. The van der Waals surface area contributed by atoms with Gasteiger partial charge in [-0.1, -0.05) is 0 Å². The molecule has 1 fully saturated rings. The average Bonchev–Trinajstić information content (AvgIpc) is 2.16. The summed E-state index contributed by atoms with van der Waals surface area (Å²) in [7, 11) is 0. The van der Waals surface area contributed by atoms with Crippen LogP contribution in [0.4, 0.5) is 0 Å². The van der Waals surface area contributed by atoms with Crippen LogP contribution in [0.25, 0.3) is 0 Å². The molecule has 0 aliphatic carbocycles. The van der Waals surface area contributed by atoms with Crippen molar-refractivity contribution in [2.24, 2.45) is 0 Å². The topological polar surface area (TPSA) is 40.5 Å². The molecule has 0 saturated carbocycles. The van der Waals surface area contributed by atoms with Crippen LogP contribution >= 0.6 is 11.6 Å². The van der Waals surface area contributed by atoms with E-state index in [0.29, 0.717) is 0 Å².